The topological polar surface area (TPSA) is 96.6 Å². The molecular formula is C15H12FNO5. The Morgan fingerprint density at radius 2 is 1.95 bits per heavy atom. The van der Waals surface area contributed by atoms with Crippen LogP contribution in [0.5, 0.6) is 0 Å². The Hall–Kier alpha value is -2.70. The highest BCUT2D eigenvalue weighted by molar-refractivity contribution is 5.93. The molecule has 1 heterocycles. The summed E-state index contributed by atoms with van der Waals surface area (Å²) < 4.78 is 15.6. The lowest BCUT2D eigenvalue weighted by atomic mass is 10.1. The molecule has 0 unspecified atom stereocenters. The van der Waals surface area contributed by atoms with E-state index in [2.05, 4.69) is 0 Å². The van der Waals surface area contributed by atoms with Crippen molar-refractivity contribution in [1.29, 1.82) is 0 Å². The van der Waals surface area contributed by atoms with Gasteiger partial charge in [-0.2, -0.15) is 0 Å². The number of carboxylic acids is 2. The van der Waals surface area contributed by atoms with Gasteiger partial charge in [-0.05, 0) is 25.0 Å². The zero-order chi connectivity index (χ0) is 16.0. The van der Waals surface area contributed by atoms with E-state index in [1.807, 2.05) is 0 Å². The van der Waals surface area contributed by atoms with Crippen LogP contribution in [-0.2, 0) is 11.2 Å². The number of aliphatic carboxylic acids is 1. The lowest BCUT2D eigenvalue weighted by molar-refractivity contribution is -0.136. The zero-order valence-electron chi connectivity index (χ0n) is 11.4. The number of halogens is 1. The van der Waals surface area contributed by atoms with Crippen molar-refractivity contribution < 1.29 is 24.2 Å². The first-order valence-electron chi connectivity index (χ1n) is 6.71. The first kappa shape index (κ1) is 14.2. The summed E-state index contributed by atoms with van der Waals surface area (Å²) >= 11 is 0. The van der Waals surface area contributed by atoms with Gasteiger partial charge in [0.05, 0.1) is 11.9 Å². The van der Waals surface area contributed by atoms with E-state index in [0.717, 1.165) is 18.9 Å². The van der Waals surface area contributed by atoms with Crippen molar-refractivity contribution in [3.63, 3.8) is 0 Å². The second-order valence-electron chi connectivity index (χ2n) is 5.35. The maximum absolute atomic E-state index is 14.0. The highest BCUT2D eigenvalue weighted by Gasteiger charge is 2.27. The molecule has 114 valence electrons. The maximum atomic E-state index is 14.0. The highest BCUT2D eigenvalue weighted by Crippen LogP contribution is 2.37. The number of hydrogen-bond donors (Lipinski definition) is 2. The molecule has 2 N–H and O–H groups in total. The third-order valence-electron chi connectivity index (χ3n) is 3.71. The minimum absolute atomic E-state index is 0.0307. The Morgan fingerprint density at radius 1 is 1.27 bits per heavy atom. The van der Waals surface area contributed by atoms with Gasteiger partial charge >= 0.3 is 11.9 Å². The van der Waals surface area contributed by atoms with Gasteiger partial charge in [-0.3, -0.25) is 9.59 Å². The summed E-state index contributed by atoms with van der Waals surface area (Å²) in [5.74, 6) is -3.37. The number of fused-ring (bicyclic) bond motifs is 1. The van der Waals surface area contributed by atoms with E-state index in [1.165, 1.54) is 12.3 Å². The Kier molecular flexibility index (Phi) is 3.20. The largest absolute Gasteiger partial charge is 0.481 e. The molecule has 1 saturated carbocycles. The summed E-state index contributed by atoms with van der Waals surface area (Å²) in [4.78, 5) is 34.1. The van der Waals surface area contributed by atoms with Crippen LogP contribution in [-0.4, -0.2) is 26.7 Å². The minimum Gasteiger partial charge on any atom is -0.481 e. The van der Waals surface area contributed by atoms with Gasteiger partial charge < -0.3 is 14.8 Å². The van der Waals surface area contributed by atoms with Gasteiger partial charge in [-0.15, -0.1) is 0 Å². The standard InChI is InChI=1S/C15H12FNO5/c16-11-5-9-12(3-7(11)4-13(18)19)17(8-1-2-8)6-10(14(9)20)15(21)22/h3,5-6,8H,1-2,4H2,(H,18,19)(H,21,22). The van der Waals surface area contributed by atoms with Crippen LogP contribution in [0.3, 0.4) is 0 Å². The summed E-state index contributed by atoms with van der Waals surface area (Å²) in [7, 11) is 0. The van der Waals surface area contributed by atoms with Crippen LogP contribution in [0, 0.1) is 5.82 Å². The molecule has 0 atom stereocenters. The first-order valence-corrected chi connectivity index (χ1v) is 6.71. The number of nitrogens with zero attached hydrogens (tertiary/aromatic N) is 1. The Bertz CT molecular complexity index is 866. The molecule has 1 aliphatic carbocycles. The van der Waals surface area contributed by atoms with Crippen LogP contribution < -0.4 is 5.43 Å². The normalized spacial score (nSPS) is 14.2. The van der Waals surface area contributed by atoms with Crippen molar-refractivity contribution >= 4 is 22.8 Å². The van der Waals surface area contributed by atoms with E-state index in [9.17, 15) is 18.8 Å². The first-order chi connectivity index (χ1) is 10.4. The number of rotatable bonds is 4. The predicted molar refractivity (Wildman–Crippen MR) is 74.7 cm³/mol. The summed E-state index contributed by atoms with van der Waals surface area (Å²) in [6.45, 7) is 0. The fraction of sp³-hybridized carbons (Fsp3) is 0.267. The van der Waals surface area contributed by atoms with E-state index in [4.69, 9.17) is 10.2 Å². The number of aromatic nitrogens is 1. The summed E-state index contributed by atoms with van der Waals surface area (Å²) in [6, 6.07) is 2.31. The zero-order valence-corrected chi connectivity index (χ0v) is 11.4. The molecule has 0 radical (unpaired) electrons. The van der Waals surface area contributed by atoms with Gasteiger partial charge in [0.1, 0.15) is 11.4 Å². The van der Waals surface area contributed by atoms with Gasteiger partial charge in [0.2, 0.25) is 5.43 Å². The van der Waals surface area contributed by atoms with E-state index in [0.29, 0.717) is 5.52 Å². The predicted octanol–water partition coefficient (Wildman–Crippen LogP) is 1.80. The minimum atomic E-state index is -1.36. The van der Waals surface area contributed by atoms with Crippen molar-refractivity contribution in [3.05, 3.63) is 45.5 Å². The smallest absolute Gasteiger partial charge is 0.341 e. The van der Waals surface area contributed by atoms with E-state index >= 15 is 0 Å². The van der Waals surface area contributed by atoms with Crippen LogP contribution >= 0.6 is 0 Å². The quantitative estimate of drug-likeness (QED) is 0.897. The SMILES string of the molecule is O=C(O)Cc1cc2c(cc1F)c(=O)c(C(=O)O)cn2C1CC1. The molecule has 7 heteroatoms. The van der Waals surface area contributed by atoms with E-state index in [1.54, 1.807) is 4.57 Å². The number of benzene rings is 1. The van der Waals surface area contributed by atoms with Crippen LogP contribution in [0.1, 0.15) is 34.8 Å². The molecule has 1 aliphatic rings. The summed E-state index contributed by atoms with van der Waals surface area (Å²) in [5, 5.41) is 17.9. The molecule has 0 bridgehead atoms. The number of aromatic carboxylic acids is 1. The molecule has 2 aromatic rings. The van der Waals surface area contributed by atoms with E-state index in [-0.39, 0.29) is 17.0 Å². The van der Waals surface area contributed by atoms with Gasteiger partial charge in [0.15, 0.2) is 0 Å². The maximum Gasteiger partial charge on any atom is 0.341 e. The van der Waals surface area contributed by atoms with E-state index < -0.39 is 35.2 Å². The third-order valence-corrected chi connectivity index (χ3v) is 3.71. The fourth-order valence-electron chi connectivity index (χ4n) is 2.52. The van der Waals surface area contributed by atoms with Crippen LogP contribution in [0.4, 0.5) is 4.39 Å². The molecule has 0 saturated heterocycles. The fourth-order valence-corrected chi connectivity index (χ4v) is 2.52. The van der Waals surface area contributed by atoms with Crippen molar-refractivity contribution in [2.75, 3.05) is 0 Å². The number of pyridine rings is 1. The number of carbonyl (C=O) groups is 2. The lowest BCUT2D eigenvalue weighted by Gasteiger charge is -2.13. The molecule has 0 spiro atoms. The van der Waals surface area contributed by atoms with Crippen LogP contribution in [0.15, 0.2) is 23.1 Å². The molecule has 22 heavy (non-hydrogen) atoms. The summed E-state index contributed by atoms with van der Waals surface area (Å²) in [6.07, 6.45) is 2.43. The Labute approximate surface area is 123 Å². The third kappa shape index (κ3) is 2.34. The lowest BCUT2D eigenvalue weighted by Crippen LogP contribution is -2.19. The Balaban J connectivity index is 2.34. The highest BCUT2D eigenvalue weighted by atomic mass is 19.1. The molecule has 0 amide bonds. The molecule has 1 aromatic heterocycles. The molecule has 0 aliphatic heterocycles. The second-order valence-corrected chi connectivity index (χ2v) is 5.35. The average Bonchev–Trinajstić information content (AvgIpc) is 3.24. The van der Waals surface area contributed by atoms with Gasteiger partial charge in [-0.1, -0.05) is 0 Å². The molecule has 3 rings (SSSR count). The van der Waals surface area contributed by atoms with Crippen molar-refractivity contribution in [2.24, 2.45) is 0 Å². The molecule has 1 fully saturated rings. The van der Waals surface area contributed by atoms with Crippen LogP contribution in [0.2, 0.25) is 0 Å². The van der Waals surface area contributed by atoms with Crippen molar-refractivity contribution in [1.82, 2.24) is 4.57 Å². The number of hydrogen-bond acceptors (Lipinski definition) is 3. The van der Waals surface area contributed by atoms with Gasteiger partial charge in [0, 0.05) is 23.2 Å². The monoisotopic (exact) mass is 305 g/mol. The molecule has 1 aromatic carbocycles. The Morgan fingerprint density at radius 3 is 2.50 bits per heavy atom. The van der Waals surface area contributed by atoms with Crippen molar-refractivity contribution in [2.45, 2.75) is 25.3 Å². The van der Waals surface area contributed by atoms with Crippen molar-refractivity contribution in [3.8, 4) is 0 Å². The van der Waals surface area contributed by atoms with Gasteiger partial charge in [-0.25, -0.2) is 9.18 Å². The number of carboxylic acid groups (broad SMARTS) is 2. The average molecular weight is 305 g/mol. The molecule has 6 nitrogen and oxygen atoms in total. The van der Waals surface area contributed by atoms with Gasteiger partial charge in [0.25, 0.3) is 0 Å². The summed E-state index contributed by atoms with van der Waals surface area (Å²) in [5.41, 5.74) is -0.836. The second kappa shape index (κ2) is 4.94. The molecular weight excluding hydrogens is 293 g/mol. The van der Waals surface area contributed by atoms with Crippen LogP contribution in [0.25, 0.3) is 10.9 Å².